The summed E-state index contributed by atoms with van der Waals surface area (Å²) in [6.45, 7) is -2.91. The van der Waals surface area contributed by atoms with Crippen molar-refractivity contribution >= 4 is 11.9 Å². The Labute approximate surface area is 149 Å². The van der Waals surface area contributed by atoms with E-state index in [1.54, 1.807) is 18.2 Å². The van der Waals surface area contributed by atoms with Gasteiger partial charge in [0.15, 0.2) is 17.3 Å². The molecule has 7 heteroatoms. The molecule has 0 amide bonds. The summed E-state index contributed by atoms with van der Waals surface area (Å²) in [7, 11) is 4.52. The van der Waals surface area contributed by atoms with Crippen molar-refractivity contribution in [3.05, 3.63) is 53.6 Å². The number of methoxy groups -OCH3 is 3. The highest BCUT2D eigenvalue weighted by Gasteiger charge is 2.11. The van der Waals surface area contributed by atoms with Crippen molar-refractivity contribution in [3.8, 4) is 23.0 Å². The second-order valence-corrected chi connectivity index (χ2v) is 5.05. The zero-order chi connectivity index (χ0) is 19.1. The van der Waals surface area contributed by atoms with Crippen LogP contribution in [-0.2, 0) is 0 Å². The second-order valence-electron chi connectivity index (χ2n) is 5.05. The first-order valence-electron chi connectivity index (χ1n) is 7.55. The van der Waals surface area contributed by atoms with Gasteiger partial charge in [-0.2, -0.15) is 8.78 Å². The second kappa shape index (κ2) is 8.84. The molecule has 0 aliphatic carbocycles. The lowest BCUT2D eigenvalue weighted by molar-refractivity contribution is -0.0498. The van der Waals surface area contributed by atoms with Crippen molar-refractivity contribution in [3.63, 3.8) is 0 Å². The van der Waals surface area contributed by atoms with Gasteiger partial charge in [-0.3, -0.25) is 4.79 Å². The fraction of sp³-hybridized carbons (Fsp3) is 0.211. The van der Waals surface area contributed by atoms with Crippen LogP contribution in [-0.4, -0.2) is 33.7 Å². The normalized spacial score (nSPS) is 10.8. The summed E-state index contributed by atoms with van der Waals surface area (Å²) >= 11 is 0. The number of hydrogen-bond donors (Lipinski definition) is 0. The van der Waals surface area contributed by atoms with Crippen molar-refractivity contribution < 1.29 is 32.5 Å². The number of ether oxygens (including phenoxy) is 4. The molecule has 5 nitrogen and oxygen atoms in total. The maximum Gasteiger partial charge on any atom is 0.387 e. The Bertz CT molecular complexity index is 785. The molecule has 0 aliphatic rings. The number of ketones is 1. The Morgan fingerprint density at radius 3 is 2.04 bits per heavy atom. The summed E-state index contributed by atoms with van der Waals surface area (Å²) in [5.74, 6) is 1.19. The van der Waals surface area contributed by atoms with Crippen molar-refractivity contribution in [2.24, 2.45) is 0 Å². The van der Waals surface area contributed by atoms with Crippen LogP contribution in [0.15, 0.2) is 42.5 Å². The Hall–Kier alpha value is -3.09. The maximum atomic E-state index is 12.3. The van der Waals surface area contributed by atoms with Gasteiger partial charge in [0.05, 0.1) is 21.3 Å². The van der Waals surface area contributed by atoms with Gasteiger partial charge in [0.1, 0.15) is 11.5 Å². The molecule has 0 aliphatic heterocycles. The van der Waals surface area contributed by atoms with E-state index in [4.69, 9.17) is 14.2 Å². The molecule has 138 valence electrons. The molecule has 0 saturated carbocycles. The van der Waals surface area contributed by atoms with Gasteiger partial charge >= 0.3 is 6.61 Å². The van der Waals surface area contributed by atoms with E-state index in [1.165, 1.54) is 51.7 Å². The van der Waals surface area contributed by atoms with Gasteiger partial charge in [-0.15, -0.1) is 0 Å². The fourth-order valence-electron chi connectivity index (χ4n) is 2.25. The number of carbonyl (C=O) groups excluding carboxylic acids is 1. The third-order valence-electron chi connectivity index (χ3n) is 3.51. The van der Waals surface area contributed by atoms with Crippen LogP contribution >= 0.6 is 0 Å². The SMILES string of the molecule is COc1cc(OC)c(OC)cc1/C=C/C(=O)c1ccc(OC(F)F)cc1. The molecule has 0 N–H and O–H groups in total. The molecule has 2 aromatic rings. The van der Waals surface area contributed by atoms with Crippen LogP contribution in [0, 0.1) is 0 Å². The average Bonchev–Trinajstić information content (AvgIpc) is 2.65. The molecule has 0 unspecified atom stereocenters. The zero-order valence-corrected chi connectivity index (χ0v) is 14.5. The van der Waals surface area contributed by atoms with Gasteiger partial charge < -0.3 is 18.9 Å². The molecule has 0 saturated heterocycles. The highest BCUT2D eigenvalue weighted by Crippen LogP contribution is 2.35. The van der Waals surface area contributed by atoms with Crippen LogP contribution in [0.2, 0.25) is 0 Å². The number of halogens is 2. The summed E-state index contributed by atoms with van der Waals surface area (Å²) in [6.07, 6.45) is 2.93. The minimum atomic E-state index is -2.91. The van der Waals surface area contributed by atoms with E-state index in [0.29, 0.717) is 28.4 Å². The summed E-state index contributed by atoms with van der Waals surface area (Å²) in [6, 6.07) is 8.78. The van der Waals surface area contributed by atoms with Crippen LogP contribution < -0.4 is 18.9 Å². The largest absolute Gasteiger partial charge is 0.496 e. The van der Waals surface area contributed by atoms with Gasteiger partial charge in [0, 0.05) is 17.2 Å². The molecule has 0 bridgehead atoms. The molecule has 0 radical (unpaired) electrons. The van der Waals surface area contributed by atoms with Gasteiger partial charge in [0.2, 0.25) is 0 Å². The van der Waals surface area contributed by atoms with Gasteiger partial charge in [-0.1, -0.05) is 0 Å². The van der Waals surface area contributed by atoms with E-state index >= 15 is 0 Å². The highest BCUT2D eigenvalue weighted by molar-refractivity contribution is 6.07. The summed E-state index contributed by atoms with van der Waals surface area (Å²) in [5.41, 5.74) is 0.957. The lowest BCUT2D eigenvalue weighted by Crippen LogP contribution is -2.02. The molecule has 0 heterocycles. The fourth-order valence-corrected chi connectivity index (χ4v) is 2.25. The Morgan fingerprint density at radius 2 is 1.50 bits per heavy atom. The van der Waals surface area contributed by atoms with Crippen LogP contribution in [0.25, 0.3) is 6.08 Å². The third kappa shape index (κ3) is 4.72. The minimum Gasteiger partial charge on any atom is -0.496 e. The highest BCUT2D eigenvalue weighted by atomic mass is 19.3. The van der Waals surface area contributed by atoms with E-state index in [2.05, 4.69) is 4.74 Å². The first kappa shape index (κ1) is 19.2. The molecular formula is C19H18F2O5. The average molecular weight is 364 g/mol. The monoisotopic (exact) mass is 364 g/mol. The topological polar surface area (TPSA) is 54.0 Å². The number of benzene rings is 2. The van der Waals surface area contributed by atoms with Crippen LogP contribution in [0.3, 0.4) is 0 Å². The lowest BCUT2D eigenvalue weighted by Gasteiger charge is -2.12. The van der Waals surface area contributed by atoms with Crippen molar-refractivity contribution in [2.45, 2.75) is 6.61 Å². The van der Waals surface area contributed by atoms with E-state index < -0.39 is 6.61 Å². The smallest absolute Gasteiger partial charge is 0.387 e. The number of rotatable bonds is 8. The van der Waals surface area contributed by atoms with E-state index in [0.717, 1.165) is 0 Å². The summed E-state index contributed by atoms with van der Waals surface area (Å²) in [5, 5.41) is 0. The summed E-state index contributed by atoms with van der Waals surface area (Å²) < 4.78 is 44.3. The molecule has 0 aromatic heterocycles. The Balaban J connectivity index is 2.21. The Morgan fingerprint density at radius 1 is 0.923 bits per heavy atom. The van der Waals surface area contributed by atoms with Crippen LogP contribution in [0.5, 0.6) is 23.0 Å². The lowest BCUT2D eigenvalue weighted by atomic mass is 10.1. The Kier molecular flexibility index (Phi) is 6.54. The van der Waals surface area contributed by atoms with Gasteiger partial charge in [-0.25, -0.2) is 0 Å². The molecule has 2 rings (SSSR count). The van der Waals surface area contributed by atoms with Crippen molar-refractivity contribution in [2.75, 3.05) is 21.3 Å². The number of alkyl halides is 2. The molecule has 0 atom stereocenters. The van der Waals surface area contributed by atoms with E-state index in [9.17, 15) is 13.6 Å². The van der Waals surface area contributed by atoms with Crippen molar-refractivity contribution in [1.82, 2.24) is 0 Å². The first-order valence-corrected chi connectivity index (χ1v) is 7.55. The van der Waals surface area contributed by atoms with Crippen LogP contribution in [0.4, 0.5) is 8.78 Å². The molecule has 0 fully saturated rings. The predicted octanol–water partition coefficient (Wildman–Crippen LogP) is 4.21. The van der Waals surface area contributed by atoms with Gasteiger partial charge in [0.25, 0.3) is 0 Å². The third-order valence-corrected chi connectivity index (χ3v) is 3.51. The molecule has 2 aromatic carbocycles. The number of allylic oxidation sites excluding steroid dienone is 1. The quantitative estimate of drug-likeness (QED) is 0.519. The standard InChI is InChI=1S/C19H18F2O5/c1-23-16-11-18(25-3)17(24-2)10-13(16)6-9-15(22)12-4-7-14(8-5-12)26-19(20)21/h4-11,19H,1-3H3/b9-6+. The summed E-state index contributed by atoms with van der Waals surface area (Å²) in [4.78, 5) is 12.3. The molecule has 0 spiro atoms. The molecule has 26 heavy (non-hydrogen) atoms. The number of hydrogen-bond acceptors (Lipinski definition) is 5. The molecular weight excluding hydrogens is 346 g/mol. The van der Waals surface area contributed by atoms with Crippen molar-refractivity contribution in [1.29, 1.82) is 0 Å². The maximum absolute atomic E-state index is 12.3. The number of carbonyl (C=O) groups is 1. The first-order chi connectivity index (χ1) is 12.5. The predicted molar refractivity (Wildman–Crippen MR) is 92.5 cm³/mol. The van der Waals surface area contributed by atoms with E-state index in [1.807, 2.05) is 0 Å². The van der Waals surface area contributed by atoms with E-state index in [-0.39, 0.29) is 11.5 Å². The zero-order valence-electron chi connectivity index (χ0n) is 14.5. The van der Waals surface area contributed by atoms with Crippen LogP contribution in [0.1, 0.15) is 15.9 Å². The van der Waals surface area contributed by atoms with Gasteiger partial charge in [-0.05, 0) is 42.5 Å². The minimum absolute atomic E-state index is 0.0120.